The molecule has 3 aromatic rings. The van der Waals surface area contributed by atoms with E-state index in [9.17, 15) is 0 Å². The molecule has 4 nitrogen and oxygen atoms in total. The summed E-state index contributed by atoms with van der Waals surface area (Å²) in [5.41, 5.74) is 4.70. The second-order valence-corrected chi connectivity index (χ2v) is 5.26. The van der Waals surface area contributed by atoms with Gasteiger partial charge in [-0.25, -0.2) is 4.98 Å². The molecule has 0 atom stereocenters. The van der Waals surface area contributed by atoms with Crippen LogP contribution in [0.4, 0.5) is 0 Å². The van der Waals surface area contributed by atoms with Gasteiger partial charge in [-0.15, -0.1) is 0 Å². The van der Waals surface area contributed by atoms with E-state index in [0.29, 0.717) is 12.3 Å². The van der Waals surface area contributed by atoms with E-state index in [1.165, 1.54) is 0 Å². The van der Waals surface area contributed by atoms with Crippen LogP contribution in [0.3, 0.4) is 0 Å². The Bertz CT molecular complexity index is 910. The third kappa shape index (κ3) is 1.81. The molecule has 0 fully saturated rings. The molecule has 0 aliphatic carbocycles. The molecule has 2 heterocycles. The molecule has 1 aliphatic heterocycles. The van der Waals surface area contributed by atoms with E-state index >= 15 is 0 Å². The van der Waals surface area contributed by atoms with Crippen molar-refractivity contribution < 1.29 is 4.74 Å². The number of nitriles is 1. The van der Waals surface area contributed by atoms with Crippen LogP contribution >= 0.6 is 0 Å². The summed E-state index contributed by atoms with van der Waals surface area (Å²) in [5.74, 6) is 1.61. The largest absolute Gasteiger partial charge is 0.472 e. The first-order valence-electron chi connectivity index (χ1n) is 7.08. The molecule has 1 aromatic heterocycles. The smallest absolute Gasteiger partial charge is 0.166 e. The fourth-order valence-electron chi connectivity index (χ4n) is 2.90. The normalized spacial score (nSPS) is 12.0. The number of nitrogens with zero attached hydrogens (tertiary/aromatic N) is 3. The SMILES string of the molecule is Bc1nc2n(c1-c1ccccc1)COc1cc(C#N)ccc1-2. The summed E-state index contributed by atoms with van der Waals surface area (Å²) in [6, 6.07) is 17.8. The molecule has 22 heavy (non-hydrogen) atoms. The molecule has 2 aromatic carbocycles. The first-order valence-corrected chi connectivity index (χ1v) is 7.08. The Hall–Kier alpha value is -3.00. The molecule has 5 heteroatoms. The van der Waals surface area contributed by atoms with E-state index in [2.05, 4.69) is 22.8 Å². The maximum absolute atomic E-state index is 9.00. The number of imidazole rings is 1. The lowest BCUT2D eigenvalue weighted by molar-refractivity contribution is 0.231. The Kier molecular flexibility index (Phi) is 2.76. The third-order valence-electron chi connectivity index (χ3n) is 3.89. The lowest BCUT2D eigenvalue weighted by Gasteiger charge is -2.21. The summed E-state index contributed by atoms with van der Waals surface area (Å²) in [7, 11) is 2.01. The first-order chi connectivity index (χ1) is 10.8. The van der Waals surface area contributed by atoms with Crippen LogP contribution in [0.1, 0.15) is 5.56 Å². The van der Waals surface area contributed by atoms with Crippen molar-refractivity contribution in [2.75, 3.05) is 0 Å². The van der Waals surface area contributed by atoms with E-state index in [1.54, 1.807) is 12.1 Å². The van der Waals surface area contributed by atoms with E-state index < -0.39 is 0 Å². The molecule has 0 amide bonds. The Morgan fingerprint density at radius 2 is 2.00 bits per heavy atom. The van der Waals surface area contributed by atoms with Crippen molar-refractivity contribution in [2.45, 2.75) is 6.73 Å². The number of rotatable bonds is 1. The highest BCUT2D eigenvalue weighted by atomic mass is 16.5. The van der Waals surface area contributed by atoms with Gasteiger partial charge in [-0.1, -0.05) is 30.3 Å². The number of fused-ring (bicyclic) bond motifs is 3. The van der Waals surface area contributed by atoms with Crippen LogP contribution in [0.25, 0.3) is 22.6 Å². The van der Waals surface area contributed by atoms with E-state index in [4.69, 9.17) is 15.0 Å². The van der Waals surface area contributed by atoms with Crippen LogP contribution < -0.4 is 10.3 Å². The molecule has 0 spiro atoms. The quantitative estimate of drug-likeness (QED) is 0.639. The molecule has 104 valence electrons. The highest BCUT2D eigenvalue weighted by Gasteiger charge is 2.24. The number of hydrogen-bond donors (Lipinski definition) is 0. The van der Waals surface area contributed by atoms with Gasteiger partial charge in [0.25, 0.3) is 0 Å². The molecule has 0 radical (unpaired) electrons. The highest BCUT2D eigenvalue weighted by molar-refractivity contribution is 6.34. The van der Waals surface area contributed by atoms with Gasteiger partial charge in [0, 0.05) is 5.59 Å². The minimum absolute atomic E-state index is 0.405. The summed E-state index contributed by atoms with van der Waals surface area (Å²) in [4.78, 5) is 4.72. The summed E-state index contributed by atoms with van der Waals surface area (Å²) in [5, 5.41) is 9.00. The standard InChI is InChI=1S/C17H12BN3O/c18-16-15(12-4-2-1-3-5-12)21-10-22-14-8-11(9-19)6-7-13(14)17(21)20-16/h1-8H,10,18H2. The van der Waals surface area contributed by atoms with Crippen molar-refractivity contribution in [3.63, 3.8) is 0 Å². The average Bonchev–Trinajstić information content (AvgIpc) is 2.91. The van der Waals surface area contributed by atoms with E-state index in [1.807, 2.05) is 32.1 Å². The maximum atomic E-state index is 9.00. The molecule has 4 rings (SSSR count). The van der Waals surface area contributed by atoms with Gasteiger partial charge in [-0.2, -0.15) is 5.26 Å². The number of ether oxygens (including phenoxy) is 1. The van der Waals surface area contributed by atoms with Gasteiger partial charge >= 0.3 is 0 Å². The summed E-state index contributed by atoms with van der Waals surface area (Å²) < 4.78 is 7.92. The van der Waals surface area contributed by atoms with Crippen LogP contribution in [0.5, 0.6) is 5.75 Å². The first kappa shape index (κ1) is 12.7. The highest BCUT2D eigenvalue weighted by Crippen LogP contribution is 2.36. The fraction of sp³-hybridized carbons (Fsp3) is 0.0588. The van der Waals surface area contributed by atoms with E-state index in [0.717, 1.165) is 34.0 Å². The van der Waals surface area contributed by atoms with Crippen LogP contribution in [0, 0.1) is 11.3 Å². The van der Waals surface area contributed by atoms with Crippen molar-refractivity contribution in [1.82, 2.24) is 9.55 Å². The second kappa shape index (κ2) is 4.78. The zero-order valence-electron chi connectivity index (χ0n) is 12.1. The maximum Gasteiger partial charge on any atom is 0.166 e. The molecular weight excluding hydrogens is 273 g/mol. The summed E-state index contributed by atoms with van der Waals surface area (Å²) in [6.07, 6.45) is 0. The Morgan fingerprint density at radius 1 is 1.18 bits per heavy atom. The van der Waals surface area contributed by atoms with Gasteiger partial charge < -0.3 is 4.74 Å². The molecule has 0 N–H and O–H groups in total. The molecular formula is C17H12BN3O. The number of hydrogen-bond acceptors (Lipinski definition) is 3. The minimum atomic E-state index is 0.405. The Labute approximate surface area is 129 Å². The number of benzene rings is 2. The van der Waals surface area contributed by atoms with Crippen LogP contribution in [0.15, 0.2) is 48.5 Å². The zero-order valence-corrected chi connectivity index (χ0v) is 12.1. The predicted octanol–water partition coefficient (Wildman–Crippen LogP) is 1.70. The molecule has 0 saturated heterocycles. The topological polar surface area (TPSA) is 50.8 Å². The lowest BCUT2D eigenvalue weighted by Crippen LogP contribution is -2.15. The zero-order chi connectivity index (χ0) is 15.1. The van der Waals surface area contributed by atoms with Crippen LogP contribution in [-0.4, -0.2) is 17.4 Å². The monoisotopic (exact) mass is 285 g/mol. The molecule has 0 saturated carbocycles. The van der Waals surface area contributed by atoms with Gasteiger partial charge in [0.1, 0.15) is 11.6 Å². The van der Waals surface area contributed by atoms with Gasteiger partial charge in [-0.05, 0) is 23.8 Å². The van der Waals surface area contributed by atoms with Crippen molar-refractivity contribution in [3.05, 3.63) is 54.1 Å². The van der Waals surface area contributed by atoms with Gasteiger partial charge in [0.15, 0.2) is 14.6 Å². The molecule has 0 unspecified atom stereocenters. The van der Waals surface area contributed by atoms with Gasteiger partial charge in [0.2, 0.25) is 0 Å². The van der Waals surface area contributed by atoms with Crippen molar-refractivity contribution in [2.24, 2.45) is 0 Å². The average molecular weight is 285 g/mol. The molecule has 0 bridgehead atoms. The van der Waals surface area contributed by atoms with Crippen molar-refractivity contribution in [3.8, 4) is 34.5 Å². The Balaban J connectivity index is 1.92. The summed E-state index contributed by atoms with van der Waals surface area (Å²) >= 11 is 0. The van der Waals surface area contributed by atoms with Crippen LogP contribution in [0.2, 0.25) is 0 Å². The Morgan fingerprint density at radius 3 is 2.77 bits per heavy atom. The third-order valence-corrected chi connectivity index (χ3v) is 3.89. The molecule has 1 aliphatic rings. The summed E-state index contributed by atoms with van der Waals surface area (Å²) in [6.45, 7) is 0.405. The van der Waals surface area contributed by atoms with Gasteiger partial charge in [-0.3, -0.25) is 4.57 Å². The van der Waals surface area contributed by atoms with Gasteiger partial charge in [0.05, 0.1) is 22.9 Å². The van der Waals surface area contributed by atoms with E-state index in [-0.39, 0.29) is 0 Å². The van der Waals surface area contributed by atoms with Crippen molar-refractivity contribution in [1.29, 1.82) is 5.26 Å². The van der Waals surface area contributed by atoms with Crippen LogP contribution in [-0.2, 0) is 6.73 Å². The minimum Gasteiger partial charge on any atom is -0.472 e. The number of aromatic nitrogens is 2. The predicted molar refractivity (Wildman–Crippen MR) is 86.6 cm³/mol. The second-order valence-electron chi connectivity index (χ2n) is 5.26. The van der Waals surface area contributed by atoms with Crippen molar-refractivity contribution >= 4 is 13.4 Å². The lowest BCUT2D eigenvalue weighted by atomic mass is 9.98. The fourth-order valence-corrected chi connectivity index (χ4v) is 2.90.